The minimum Gasteiger partial charge on any atom is -0.508 e. The van der Waals surface area contributed by atoms with Crippen molar-refractivity contribution in [3.05, 3.63) is 53.2 Å². The van der Waals surface area contributed by atoms with Gasteiger partial charge in [0.2, 0.25) is 0 Å². The molecule has 1 saturated heterocycles. The Morgan fingerprint density at radius 2 is 1.83 bits per heavy atom. The molecule has 4 rings (SSSR count). The fourth-order valence-electron chi connectivity index (χ4n) is 4.47. The average Bonchev–Trinajstić information content (AvgIpc) is 3.29. The molecular weight excluding hydrogens is 444 g/mol. The van der Waals surface area contributed by atoms with Crippen LogP contribution < -0.4 is 5.32 Å². The van der Waals surface area contributed by atoms with Crippen molar-refractivity contribution in [2.45, 2.75) is 65.0 Å². The van der Waals surface area contributed by atoms with Crippen molar-refractivity contribution in [1.82, 2.24) is 10.5 Å². The highest BCUT2D eigenvalue weighted by Crippen LogP contribution is 2.43. The van der Waals surface area contributed by atoms with Crippen molar-refractivity contribution in [2.24, 2.45) is 0 Å². The topological polar surface area (TPSA) is 105 Å². The number of benzene rings is 2. The van der Waals surface area contributed by atoms with E-state index in [0.29, 0.717) is 41.3 Å². The van der Waals surface area contributed by atoms with Gasteiger partial charge >= 0.3 is 0 Å². The zero-order chi connectivity index (χ0) is 24.9. The molecule has 3 N–H and O–H groups in total. The van der Waals surface area contributed by atoms with E-state index in [2.05, 4.69) is 10.5 Å². The van der Waals surface area contributed by atoms with Crippen molar-refractivity contribution >= 4 is 5.78 Å². The molecule has 1 fully saturated rings. The molecule has 0 bridgehead atoms. The Balaban J connectivity index is 1.70. The van der Waals surface area contributed by atoms with Gasteiger partial charge in [0, 0.05) is 38.3 Å². The number of nitrogens with zero attached hydrogens (tertiary/aromatic N) is 1. The first-order valence-electron chi connectivity index (χ1n) is 12.4. The molecule has 3 aromatic rings. The Kier molecular flexibility index (Phi) is 7.88. The zero-order valence-electron chi connectivity index (χ0n) is 20.6. The predicted molar refractivity (Wildman–Crippen MR) is 135 cm³/mol. The third-order valence-electron chi connectivity index (χ3n) is 6.50. The molecule has 1 aliphatic heterocycles. The fourth-order valence-corrected chi connectivity index (χ4v) is 4.47. The molecule has 0 saturated carbocycles. The molecule has 0 unspecified atom stereocenters. The smallest absolute Gasteiger partial charge is 0.185 e. The minimum atomic E-state index is -0.129. The highest BCUT2D eigenvalue weighted by Gasteiger charge is 2.26. The number of aromatic nitrogens is 1. The van der Waals surface area contributed by atoms with Crippen molar-refractivity contribution in [3.63, 3.8) is 0 Å². The number of carbonyl (C=O) groups excluding carboxylic acids is 1. The monoisotopic (exact) mass is 478 g/mol. The summed E-state index contributed by atoms with van der Waals surface area (Å²) in [6.07, 6.45) is 3.07. The van der Waals surface area contributed by atoms with E-state index in [1.54, 1.807) is 6.07 Å². The van der Waals surface area contributed by atoms with E-state index in [0.717, 1.165) is 43.7 Å². The van der Waals surface area contributed by atoms with Crippen LogP contribution in [0.4, 0.5) is 0 Å². The lowest BCUT2D eigenvalue weighted by atomic mass is 9.93. The number of phenolic OH excluding ortho intramolecular Hbond substituents is 2. The van der Waals surface area contributed by atoms with Crippen LogP contribution >= 0.6 is 0 Å². The summed E-state index contributed by atoms with van der Waals surface area (Å²) in [6, 6.07) is 11.5. The second-order valence-corrected chi connectivity index (χ2v) is 9.46. The van der Waals surface area contributed by atoms with E-state index < -0.39 is 0 Å². The van der Waals surface area contributed by atoms with Crippen molar-refractivity contribution in [1.29, 1.82) is 0 Å². The highest BCUT2D eigenvalue weighted by atomic mass is 16.5. The Bertz CT molecular complexity index is 1160. The lowest BCUT2D eigenvalue weighted by Crippen LogP contribution is -2.34. The van der Waals surface area contributed by atoms with Gasteiger partial charge in [0.25, 0.3) is 0 Å². The lowest BCUT2D eigenvalue weighted by molar-refractivity contribution is 0.0776. The molecule has 0 atom stereocenters. The van der Waals surface area contributed by atoms with Crippen LogP contribution in [0.25, 0.3) is 22.5 Å². The standard InChI is InChI=1S/C28H34N2O5/c1-4-5-23(31)27-26(19-8-6-18(7-9-19)16-29-20-10-12-34-13-11-20)28(35-30-27)22-14-21(17(2)3)24(32)15-25(22)33/h6-9,14-15,17,20,29,32-33H,4-5,10-13,16H2,1-3H3. The number of phenols is 2. The van der Waals surface area contributed by atoms with E-state index in [-0.39, 0.29) is 28.9 Å². The van der Waals surface area contributed by atoms with Crippen LogP contribution in [0.15, 0.2) is 40.9 Å². The summed E-state index contributed by atoms with van der Waals surface area (Å²) >= 11 is 0. The maximum Gasteiger partial charge on any atom is 0.185 e. The van der Waals surface area contributed by atoms with Gasteiger partial charge < -0.3 is 24.8 Å². The summed E-state index contributed by atoms with van der Waals surface area (Å²) < 4.78 is 11.1. The Hall–Kier alpha value is -3.16. The van der Waals surface area contributed by atoms with E-state index in [1.165, 1.54) is 6.07 Å². The highest BCUT2D eigenvalue weighted by molar-refractivity contribution is 6.03. The third kappa shape index (κ3) is 5.57. The summed E-state index contributed by atoms with van der Waals surface area (Å²) in [5.74, 6) is 0.133. The van der Waals surface area contributed by atoms with Gasteiger partial charge in [-0.15, -0.1) is 0 Å². The summed E-state index contributed by atoms with van der Waals surface area (Å²) in [5.41, 5.74) is 3.81. The molecule has 2 heterocycles. The summed E-state index contributed by atoms with van der Waals surface area (Å²) in [7, 11) is 0. The quantitative estimate of drug-likeness (QED) is 0.334. The zero-order valence-corrected chi connectivity index (χ0v) is 20.6. The number of ether oxygens (including phenoxy) is 1. The molecule has 1 aromatic heterocycles. The van der Waals surface area contributed by atoms with Gasteiger partial charge in [0.05, 0.1) is 11.1 Å². The molecule has 35 heavy (non-hydrogen) atoms. The Morgan fingerprint density at radius 3 is 2.49 bits per heavy atom. The van der Waals surface area contributed by atoms with Gasteiger partial charge in [-0.05, 0) is 47.9 Å². The first-order chi connectivity index (χ1) is 16.9. The van der Waals surface area contributed by atoms with Crippen LogP contribution in [0.5, 0.6) is 11.5 Å². The molecule has 2 aromatic carbocycles. The maximum absolute atomic E-state index is 12.9. The van der Waals surface area contributed by atoms with Crippen LogP contribution in [-0.4, -0.2) is 40.4 Å². The first-order valence-corrected chi connectivity index (χ1v) is 12.4. The average molecular weight is 479 g/mol. The number of hydrogen-bond donors (Lipinski definition) is 3. The molecule has 186 valence electrons. The summed E-state index contributed by atoms with van der Waals surface area (Å²) in [4.78, 5) is 12.9. The molecule has 7 heteroatoms. The lowest BCUT2D eigenvalue weighted by Gasteiger charge is -2.23. The number of hydrogen-bond acceptors (Lipinski definition) is 7. The molecular formula is C28H34N2O5. The third-order valence-corrected chi connectivity index (χ3v) is 6.50. The van der Waals surface area contributed by atoms with Gasteiger partial charge in [-0.3, -0.25) is 4.79 Å². The number of carbonyl (C=O) groups is 1. The van der Waals surface area contributed by atoms with E-state index >= 15 is 0 Å². The summed E-state index contributed by atoms with van der Waals surface area (Å²) in [6.45, 7) is 8.20. The van der Waals surface area contributed by atoms with E-state index in [1.807, 2.05) is 45.0 Å². The molecule has 0 spiro atoms. The van der Waals surface area contributed by atoms with Crippen molar-refractivity contribution in [2.75, 3.05) is 13.2 Å². The van der Waals surface area contributed by atoms with Gasteiger partial charge in [0.15, 0.2) is 17.2 Å². The number of aromatic hydroxyl groups is 2. The van der Waals surface area contributed by atoms with Crippen LogP contribution in [-0.2, 0) is 11.3 Å². The summed E-state index contributed by atoms with van der Waals surface area (Å²) in [5, 5.41) is 28.7. The van der Waals surface area contributed by atoms with Crippen LogP contribution in [0, 0.1) is 0 Å². The van der Waals surface area contributed by atoms with Gasteiger partial charge in [0.1, 0.15) is 11.5 Å². The second kappa shape index (κ2) is 11.1. The number of rotatable bonds is 9. The first kappa shape index (κ1) is 24.9. The van der Waals surface area contributed by atoms with Gasteiger partial charge in [-0.2, -0.15) is 0 Å². The number of ketones is 1. The SMILES string of the molecule is CCCC(=O)c1noc(-c2cc(C(C)C)c(O)cc2O)c1-c1ccc(CNC2CCOCC2)cc1. The molecule has 0 aliphatic carbocycles. The van der Waals surface area contributed by atoms with Gasteiger partial charge in [-0.1, -0.05) is 50.2 Å². The van der Waals surface area contributed by atoms with Crippen LogP contribution in [0.1, 0.15) is 74.0 Å². The van der Waals surface area contributed by atoms with Crippen LogP contribution in [0.2, 0.25) is 0 Å². The van der Waals surface area contributed by atoms with E-state index in [4.69, 9.17) is 9.26 Å². The Morgan fingerprint density at radius 1 is 1.11 bits per heavy atom. The number of nitrogens with one attached hydrogen (secondary N) is 1. The Labute approximate surface area is 206 Å². The fraction of sp³-hybridized carbons (Fsp3) is 0.429. The normalized spacial score (nSPS) is 14.5. The van der Waals surface area contributed by atoms with Crippen LogP contribution in [0.3, 0.4) is 0 Å². The molecule has 7 nitrogen and oxygen atoms in total. The largest absolute Gasteiger partial charge is 0.508 e. The molecule has 0 amide bonds. The predicted octanol–water partition coefficient (Wildman–Crippen LogP) is 5.79. The van der Waals surface area contributed by atoms with Crippen molar-refractivity contribution < 1.29 is 24.3 Å². The maximum atomic E-state index is 12.9. The van der Waals surface area contributed by atoms with Gasteiger partial charge in [-0.25, -0.2) is 0 Å². The molecule has 0 radical (unpaired) electrons. The molecule has 1 aliphatic rings. The van der Waals surface area contributed by atoms with Crippen molar-refractivity contribution in [3.8, 4) is 33.9 Å². The minimum absolute atomic E-state index is 0.0194. The second-order valence-electron chi connectivity index (χ2n) is 9.46. The van der Waals surface area contributed by atoms with E-state index in [9.17, 15) is 15.0 Å². The number of Topliss-reactive ketones (excluding diaryl/α,β-unsaturated/α-hetero) is 1.